The predicted molar refractivity (Wildman–Crippen MR) is 92.5 cm³/mol. The summed E-state index contributed by atoms with van der Waals surface area (Å²) in [6.07, 6.45) is 4.77. The molecule has 4 nitrogen and oxygen atoms in total. The Balaban J connectivity index is 1.94. The first-order chi connectivity index (χ1) is 11.1. The third-order valence-corrected chi connectivity index (χ3v) is 5.35. The van der Waals surface area contributed by atoms with E-state index in [2.05, 4.69) is 18.3 Å². The monoisotopic (exact) mass is 327 g/mol. The van der Waals surface area contributed by atoms with Crippen LogP contribution in [0.1, 0.15) is 30.5 Å². The van der Waals surface area contributed by atoms with Crippen molar-refractivity contribution in [1.82, 2.24) is 10.3 Å². The van der Waals surface area contributed by atoms with E-state index in [-0.39, 0.29) is 17.9 Å². The van der Waals surface area contributed by atoms with Gasteiger partial charge in [0.1, 0.15) is 0 Å². The maximum absolute atomic E-state index is 11.0. The average molecular weight is 328 g/mol. The quantitative estimate of drug-likeness (QED) is 0.657. The molecule has 1 aromatic carbocycles. The number of fused-ring (bicyclic) bond motifs is 5. The first-order valence-corrected chi connectivity index (χ1v) is 8.20. The highest BCUT2D eigenvalue weighted by atomic mass is 35.5. The summed E-state index contributed by atoms with van der Waals surface area (Å²) in [5.41, 5.74) is 11.6. The van der Waals surface area contributed by atoms with Crippen molar-refractivity contribution in [2.24, 2.45) is 5.92 Å². The largest absolute Gasteiger partial charge is 0.398 e. The van der Waals surface area contributed by atoms with E-state index in [0.29, 0.717) is 5.02 Å². The molecule has 23 heavy (non-hydrogen) atoms. The fourth-order valence-corrected chi connectivity index (χ4v) is 4.33. The molecule has 0 radical (unpaired) electrons. The van der Waals surface area contributed by atoms with Crippen LogP contribution in [0.25, 0.3) is 10.9 Å². The minimum atomic E-state index is 0.0900. The SMILES string of the molecule is CC1=C[C@@H]2Cc3c(nc4cc(Cl)ccc4c3N)[C@H](C1)[C@@H]2NC=O. The van der Waals surface area contributed by atoms with Crippen LogP contribution in [0, 0.1) is 5.92 Å². The summed E-state index contributed by atoms with van der Waals surface area (Å²) in [6.45, 7) is 2.14. The molecule has 1 heterocycles. The molecule has 2 aromatic rings. The first-order valence-electron chi connectivity index (χ1n) is 7.83. The molecule has 118 valence electrons. The van der Waals surface area contributed by atoms with Crippen molar-refractivity contribution in [3.05, 3.63) is 46.1 Å². The molecule has 3 atom stereocenters. The van der Waals surface area contributed by atoms with Crippen LogP contribution in [0.15, 0.2) is 29.8 Å². The zero-order valence-corrected chi connectivity index (χ0v) is 13.6. The number of nitrogens with one attached hydrogen (secondary N) is 1. The van der Waals surface area contributed by atoms with E-state index < -0.39 is 0 Å². The molecule has 1 aromatic heterocycles. The van der Waals surface area contributed by atoms with Crippen molar-refractivity contribution in [3.8, 4) is 0 Å². The highest BCUT2D eigenvalue weighted by molar-refractivity contribution is 6.31. The summed E-state index contributed by atoms with van der Waals surface area (Å²) >= 11 is 6.11. The molecule has 0 saturated carbocycles. The summed E-state index contributed by atoms with van der Waals surface area (Å²) in [5.74, 6) is 0.449. The summed E-state index contributed by atoms with van der Waals surface area (Å²) in [4.78, 5) is 15.9. The van der Waals surface area contributed by atoms with Crippen LogP contribution in [0.5, 0.6) is 0 Å². The van der Waals surface area contributed by atoms with Gasteiger partial charge in [-0.3, -0.25) is 9.78 Å². The van der Waals surface area contributed by atoms with Gasteiger partial charge in [0.15, 0.2) is 0 Å². The van der Waals surface area contributed by atoms with Gasteiger partial charge in [-0.1, -0.05) is 23.3 Å². The number of anilines is 1. The van der Waals surface area contributed by atoms with Gasteiger partial charge in [-0.25, -0.2) is 0 Å². The Morgan fingerprint density at radius 2 is 2.22 bits per heavy atom. The van der Waals surface area contributed by atoms with Crippen LogP contribution in [0.3, 0.4) is 0 Å². The highest BCUT2D eigenvalue weighted by Crippen LogP contribution is 2.45. The Bertz CT molecular complexity index is 846. The number of nitrogens with zero attached hydrogens (tertiary/aromatic N) is 1. The fourth-order valence-electron chi connectivity index (χ4n) is 4.16. The number of hydrogen-bond donors (Lipinski definition) is 2. The van der Waals surface area contributed by atoms with E-state index in [1.165, 1.54) is 5.57 Å². The number of halogens is 1. The lowest BCUT2D eigenvalue weighted by Gasteiger charge is -2.41. The van der Waals surface area contributed by atoms with E-state index in [9.17, 15) is 4.79 Å². The lowest BCUT2D eigenvalue weighted by atomic mass is 9.68. The number of carbonyl (C=O) groups excluding carboxylic acids is 1. The molecule has 1 amide bonds. The second kappa shape index (κ2) is 5.24. The number of rotatable bonds is 2. The molecule has 2 aliphatic rings. The lowest BCUT2D eigenvalue weighted by molar-refractivity contribution is -0.110. The van der Waals surface area contributed by atoms with E-state index in [0.717, 1.165) is 47.1 Å². The molecule has 3 N–H and O–H groups in total. The lowest BCUT2D eigenvalue weighted by Crippen LogP contribution is -2.46. The van der Waals surface area contributed by atoms with Gasteiger partial charge in [0.25, 0.3) is 0 Å². The van der Waals surface area contributed by atoms with Gasteiger partial charge in [-0.05, 0) is 43.5 Å². The van der Waals surface area contributed by atoms with Crippen molar-refractivity contribution >= 4 is 34.6 Å². The Morgan fingerprint density at radius 1 is 1.39 bits per heavy atom. The Hall–Kier alpha value is -2.07. The second-order valence-corrected chi connectivity index (χ2v) is 6.99. The zero-order chi connectivity index (χ0) is 16.1. The maximum atomic E-state index is 11.0. The van der Waals surface area contributed by atoms with Crippen molar-refractivity contribution in [1.29, 1.82) is 0 Å². The molecule has 0 spiro atoms. The molecule has 0 saturated heterocycles. The van der Waals surface area contributed by atoms with Crippen molar-refractivity contribution in [2.45, 2.75) is 31.7 Å². The number of pyridine rings is 1. The third kappa shape index (κ3) is 2.20. The second-order valence-electron chi connectivity index (χ2n) is 6.55. The van der Waals surface area contributed by atoms with E-state index in [1.807, 2.05) is 18.2 Å². The van der Waals surface area contributed by atoms with Gasteiger partial charge in [-0.15, -0.1) is 0 Å². The number of hydrogen-bond acceptors (Lipinski definition) is 3. The van der Waals surface area contributed by atoms with Gasteiger partial charge in [0.05, 0.1) is 11.2 Å². The number of carbonyl (C=O) groups is 1. The number of aromatic nitrogens is 1. The average Bonchev–Trinajstić information content (AvgIpc) is 2.50. The van der Waals surface area contributed by atoms with Gasteiger partial charge in [0.2, 0.25) is 6.41 Å². The van der Waals surface area contributed by atoms with Crippen LogP contribution in [0.4, 0.5) is 5.69 Å². The summed E-state index contributed by atoms with van der Waals surface area (Å²) in [5, 5.41) is 4.60. The topological polar surface area (TPSA) is 68.0 Å². The smallest absolute Gasteiger partial charge is 0.207 e. The van der Waals surface area contributed by atoms with Gasteiger partial charge in [0, 0.05) is 34.0 Å². The molecular formula is C18H18ClN3O. The van der Waals surface area contributed by atoms with Gasteiger partial charge < -0.3 is 11.1 Å². The van der Waals surface area contributed by atoms with Crippen molar-refractivity contribution < 1.29 is 4.79 Å². The standard InChI is InChI=1S/C18H18ClN3O/c1-9-4-10-6-13-16(20)12-3-2-11(19)7-15(12)22-18(13)14(5-9)17(10)21-8-23/h2-4,7-8,10,14,17H,5-6H2,1H3,(H2,20,22)(H,21,23)/t10-,14-,17-/m1/s1. The number of allylic oxidation sites excluding steroid dienone is 1. The van der Waals surface area contributed by atoms with E-state index >= 15 is 0 Å². The van der Waals surface area contributed by atoms with Crippen LogP contribution >= 0.6 is 11.6 Å². The molecule has 2 bridgehead atoms. The first kappa shape index (κ1) is 14.5. The Morgan fingerprint density at radius 3 is 3.00 bits per heavy atom. The predicted octanol–water partition coefficient (Wildman–Crippen LogP) is 3.19. The number of benzene rings is 1. The molecule has 5 heteroatoms. The van der Waals surface area contributed by atoms with Crippen LogP contribution in [-0.2, 0) is 11.2 Å². The van der Waals surface area contributed by atoms with E-state index in [4.69, 9.17) is 22.3 Å². The molecule has 2 aliphatic carbocycles. The number of nitrogen functional groups attached to an aromatic ring is 1. The van der Waals surface area contributed by atoms with Crippen molar-refractivity contribution in [3.63, 3.8) is 0 Å². The third-order valence-electron chi connectivity index (χ3n) is 5.11. The molecule has 0 aliphatic heterocycles. The highest BCUT2D eigenvalue weighted by Gasteiger charge is 2.40. The summed E-state index contributed by atoms with van der Waals surface area (Å²) < 4.78 is 0. The summed E-state index contributed by atoms with van der Waals surface area (Å²) in [7, 11) is 0. The van der Waals surface area contributed by atoms with Crippen LogP contribution in [-0.4, -0.2) is 17.4 Å². The normalized spacial score (nSPS) is 25.7. The van der Waals surface area contributed by atoms with Gasteiger partial charge in [-0.2, -0.15) is 0 Å². The van der Waals surface area contributed by atoms with Gasteiger partial charge >= 0.3 is 0 Å². The minimum Gasteiger partial charge on any atom is -0.398 e. The molecule has 0 unspecified atom stereocenters. The molecule has 0 fully saturated rings. The maximum Gasteiger partial charge on any atom is 0.207 e. The van der Waals surface area contributed by atoms with Crippen molar-refractivity contribution in [2.75, 3.05) is 5.73 Å². The summed E-state index contributed by atoms with van der Waals surface area (Å²) in [6, 6.07) is 5.73. The Kier molecular flexibility index (Phi) is 3.31. The van der Waals surface area contributed by atoms with E-state index in [1.54, 1.807) is 0 Å². The molecular weight excluding hydrogens is 310 g/mol. The molecule has 4 rings (SSSR count). The Labute approximate surface area is 139 Å². The number of nitrogens with two attached hydrogens (primary N) is 1. The zero-order valence-electron chi connectivity index (χ0n) is 12.8. The fraction of sp³-hybridized carbons (Fsp3) is 0.333. The number of amides is 1. The van der Waals surface area contributed by atoms with Crippen LogP contribution in [0.2, 0.25) is 5.02 Å². The minimum absolute atomic E-state index is 0.0900. The van der Waals surface area contributed by atoms with Crippen LogP contribution < -0.4 is 11.1 Å².